The Kier molecular flexibility index (Phi) is 5.13. The Balaban J connectivity index is 2.14. The summed E-state index contributed by atoms with van der Waals surface area (Å²) in [5.41, 5.74) is 0.501. The van der Waals surface area contributed by atoms with Crippen LogP contribution in [0.15, 0.2) is 22.8 Å². The molecule has 2 rings (SSSR count). The van der Waals surface area contributed by atoms with Crippen molar-refractivity contribution in [2.45, 2.75) is 31.6 Å². The van der Waals surface area contributed by atoms with Crippen molar-refractivity contribution in [1.82, 2.24) is 0 Å². The molecular weight excluding hydrogens is 420 g/mol. The molecule has 0 heterocycles. The van der Waals surface area contributed by atoms with E-state index < -0.39 is 11.6 Å². The van der Waals surface area contributed by atoms with Crippen molar-refractivity contribution in [3.8, 4) is 5.75 Å². The number of hydrogen-bond acceptors (Lipinski definition) is 1. The summed E-state index contributed by atoms with van der Waals surface area (Å²) in [6.07, 6.45) is 6.18. The number of benzene rings is 1. The van der Waals surface area contributed by atoms with E-state index in [-0.39, 0.29) is 11.7 Å². The van der Waals surface area contributed by atoms with Gasteiger partial charge in [0, 0.05) is 0 Å². The Bertz CT molecular complexity index is 465. The molecule has 1 aromatic carbocycles. The molecule has 1 fully saturated rings. The topological polar surface area (TPSA) is 9.23 Å². The fourth-order valence-electron chi connectivity index (χ4n) is 2.75. The summed E-state index contributed by atoms with van der Waals surface area (Å²) in [6.45, 7) is 0. The van der Waals surface area contributed by atoms with E-state index in [1.54, 1.807) is 25.3 Å². The molecule has 0 aliphatic heterocycles. The zero-order chi connectivity index (χ0) is 13.8. The first-order valence-electron chi connectivity index (χ1n) is 6.46. The van der Waals surface area contributed by atoms with E-state index in [0.29, 0.717) is 11.5 Å². The molecule has 0 aromatic heterocycles. The number of halogens is 2. The maximum atomic E-state index is 14.0. The van der Waals surface area contributed by atoms with E-state index in [1.165, 1.54) is 13.2 Å². The van der Waals surface area contributed by atoms with Gasteiger partial charge in [-0.1, -0.05) is 0 Å². The van der Waals surface area contributed by atoms with Crippen molar-refractivity contribution < 1.29 is 32.7 Å². The van der Waals surface area contributed by atoms with Gasteiger partial charge in [0.05, 0.1) is 0 Å². The second-order valence-electron chi connectivity index (χ2n) is 4.92. The standard InChI is InChI=1S/C15H17F2O.Re/c1-3-10-4-6-11(7-5-10)12-8-9-13(18-2)15(17)14(12)16;/h1,3,8-11H,4-7H2,2H3;. The van der Waals surface area contributed by atoms with Gasteiger partial charge in [-0.2, -0.15) is 0 Å². The molecule has 0 N–H and O–H groups in total. The summed E-state index contributed by atoms with van der Waals surface area (Å²) in [5.74, 6) is -0.889. The number of allylic oxidation sites excluding steroid dienone is 1. The van der Waals surface area contributed by atoms with Crippen molar-refractivity contribution >= 4 is 0 Å². The van der Waals surface area contributed by atoms with Gasteiger partial charge in [0.2, 0.25) is 0 Å². The Hall–Kier alpha value is -0.718. The summed E-state index contributed by atoms with van der Waals surface area (Å²) in [4.78, 5) is 0. The molecule has 0 bridgehead atoms. The summed E-state index contributed by atoms with van der Waals surface area (Å²) in [7, 11) is 1.35. The van der Waals surface area contributed by atoms with Gasteiger partial charge in [-0.15, -0.1) is 0 Å². The Labute approximate surface area is 123 Å². The van der Waals surface area contributed by atoms with Crippen LogP contribution >= 0.6 is 0 Å². The van der Waals surface area contributed by atoms with Crippen LogP contribution in [0.2, 0.25) is 0 Å². The summed E-state index contributed by atoms with van der Waals surface area (Å²) >= 11 is 1.65. The summed E-state index contributed by atoms with van der Waals surface area (Å²) in [6, 6.07) is 3.19. The van der Waals surface area contributed by atoms with Crippen LogP contribution in [0.4, 0.5) is 8.78 Å². The second kappa shape index (κ2) is 6.63. The van der Waals surface area contributed by atoms with E-state index in [4.69, 9.17) is 4.74 Å². The van der Waals surface area contributed by atoms with Gasteiger partial charge in [-0.05, 0) is 0 Å². The van der Waals surface area contributed by atoms with E-state index in [1.807, 2.05) is 0 Å². The van der Waals surface area contributed by atoms with Crippen molar-refractivity contribution in [3.05, 3.63) is 40.0 Å². The molecule has 4 heteroatoms. The third kappa shape index (κ3) is 3.24. The quantitative estimate of drug-likeness (QED) is 0.685. The van der Waals surface area contributed by atoms with Crippen molar-refractivity contribution in [3.63, 3.8) is 0 Å². The fraction of sp³-hybridized carbons (Fsp3) is 0.467. The second-order valence-corrected chi connectivity index (χ2v) is 5.82. The first-order valence-corrected chi connectivity index (χ1v) is 8.03. The molecular formula is C15H17F2ORe. The average Bonchev–Trinajstić information content (AvgIpc) is 2.43. The Morgan fingerprint density at radius 3 is 2.42 bits per heavy atom. The Morgan fingerprint density at radius 2 is 1.84 bits per heavy atom. The molecule has 0 unspecified atom stereocenters. The van der Waals surface area contributed by atoms with Crippen molar-refractivity contribution in [1.29, 1.82) is 0 Å². The predicted octanol–water partition coefficient (Wildman–Crippen LogP) is 4.31. The molecule has 1 nitrogen and oxygen atoms in total. The molecule has 0 saturated heterocycles. The minimum atomic E-state index is -0.863. The normalized spacial score (nSPS) is 23.8. The number of rotatable bonds is 3. The molecule has 19 heavy (non-hydrogen) atoms. The fourth-order valence-corrected chi connectivity index (χ4v) is 3.48. The predicted molar refractivity (Wildman–Crippen MR) is 66.7 cm³/mol. The molecule has 1 aliphatic rings. The average molecular weight is 438 g/mol. The van der Waals surface area contributed by atoms with Crippen LogP contribution in [0.25, 0.3) is 0 Å². The van der Waals surface area contributed by atoms with E-state index in [0.717, 1.165) is 25.7 Å². The summed E-state index contributed by atoms with van der Waals surface area (Å²) in [5, 5.41) is 0. The third-order valence-corrected chi connectivity index (χ3v) is 4.38. The van der Waals surface area contributed by atoms with Crippen molar-refractivity contribution in [2.75, 3.05) is 7.11 Å². The molecule has 1 aromatic rings. The molecule has 1 saturated carbocycles. The van der Waals surface area contributed by atoms with Gasteiger partial charge in [0.15, 0.2) is 0 Å². The van der Waals surface area contributed by atoms with Crippen molar-refractivity contribution in [2.24, 2.45) is 5.92 Å². The van der Waals surface area contributed by atoms with Crippen LogP contribution in [0.1, 0.15) is 37.2 Å². The molecule has 0 atom stereocenters. The Morgan fingerprint density at radius 1 is 1.16 bits per heavy atom. The third-order valence-electron chi connectivity index (χ3n) is 3.85. The van der Waals surface area contributed by atoms with Gasteiger partial charge in [0.1, 0.15) is 0 Å². The molecule has 104 valence electrons. The SMILES string of the molecule is COc1ccc(C2CCC(/C=[CH]/[Re])CC2)c(F)c1F. The molecule has 0 radical (unpaired) electrons. The van der Waals surface area contributed by atoms with E-state index in [2.05, 4.69) is 10.6 Å². The monoisotopic (exact) mass is 438 g/mol. The van der Waals surface area contributed by atoms with Crippen LogP contribution in [0, 0.1) is 17.6 Å². The summed E-state index contributed by atoms with van der Waals surface area (Å²) < 4.78 is 34.6. The minimum absolute atomic E-state index is 0.0224. The van der Waals surface area contributed by atoms with Gasteiger partial charge in [-0.25, -0.2) is 0 Å². The first-order chi connectivity index (χ1) is 9.17. The number of ether oxygens (including phenoxy) is 1. The number of methoxy groups -OCH3 is 1. The van der Waals surface area contributed by atoms with E-state index in [9.17, 15) is 8.78 Å². The van der Waals surface area contributed by atoms with Gasteiger partial charge < -0.3 is 0 Å². The molecule has 0 spiro atoms. The molecule has 1 aliphatic carbocycles. The van der Waals surface area contributed by atoms with Crippen LogP contribution in [-0.4, -0.2) is 7.11 Å². The molecule has 0 amide bonds. The zero-order valence-electron chi connectivity index (χ0n) is 10.8. The van der Waals surface area contributed by atoms with Gasteiger partial charge >= 0.3 is 123 Å². The van der Waals surface area contributed by atoms with Crippen LogP contribution in [0.5, 0.6) is 5.75 Å². The first kappa shape index (κ1) is 14.7. The maximum absolute atomic E-state index is 14.0. The van der Waals surface area contributed by atoms with E-state index >= 15 is 0 Å². The van der Waals surface area contributed by atoms with Crippen LogP contribution < -0.4 is 4.74 Å². The van der Waals surface area contributed by atoms with Crippen LogP contribution in [0.3, 0.4) is 0 Å². The van der Waals surface area contributed by atoms with Gasteiger partial charge in [-0.3, -0.25) is 0 Å². The van der Waals surface area contributed by atoms with Gasteiger partial charge in [0.25, 0.3) is 0 Å². The van der Waals surface area contributed by atoms with Crippen LogP contribution in [-0.2, 0) is 19.2 Å². The number of hydrogen-bond donors (Lipinski definition) is 0. The zero-order valence-corrected chi connectivity index (χ0v) is 13.6.